The number of hydrogen-bond donors (Lipinski definition) is 1. The van der Waals surface area contributed by atoms with E-state index in [0.717, 1.165) is 11.1 Å². The van der Waals surface area contributed by atoms with Crippen LogP contribution in [0.2, 0.25) is 5.02 Å². The van der Waals surface area contributed by atoms with Crippen LogP contribution in [-0.2, 0) is 4.79 Å². The summed E-state index contributed by atoms with van der Waals surface area (Å²) < 4.78 is 17.7. The first-order valence-electron chi connectivity index (χ1n) is 12.0. The van der Waals surface area contributed by atoms with Crippen LogP contribution in [0.1, 0.15) is 11.1 Å². The summed E-state index contributed by atoms with van der Waals surface area (Å²) in [6.07, 6.45) is 0. The number of carbonyl (C=O) groups is 1. The number of fused-ring (bicyclic) bond motifs is 1. The van der Waals surface area contributed by atoms with Crippen molar-refractivity contribution in [2.45, 2.75) is 13.8 Å². The highest BCUT2D eigenvalue weighted by atomic mass is 35.5. The van der Waals surface area contributed by atoms with Gasteiger partial charge in [-0.25, -0.2) is 0 Å². The van der Waals surface area contributed by atoms with Gasteiger partial charge in [-0.2, -0.15) is 0 Å². The molecule has 190 valence electrons. The second kappa shape index (κ2) is 10.8. The van der Waals surface area contributed by atoms with Crippen LogP contribution in [0.3, 0.4) is 0 Å². The lowest BCUT2D eigenvalue weighted by Gasteiger charge is -2.13. The fourth-order valence-corrected chi connectivity index (χ4v) is 4.05. The summed E-state index contributed by atoms with van der Waals surface area (Å²) in [5, 5.41) is 3.49. The highest BCUT2D eigenvalue weighted by Gasteiger charge is 2.20. The molecule has 0 atom stereocenters. The summed E-state index contributed by atoms with van der Waals surface area (Å²) in [7, 11) is 0. The Morgan fingerprint density at radius 2 is 1.58 bits per heavy atom. The maximum atomic E-state index is 13.4. The molecule has 0 aliphatic rings. The highest BCUT2D eigenvalue weighted by Crippen LogP contribution is 2.33. The molecule has 0 radical (unpaired) electrons. The van der Waals surface area contributed by atoms with Gasteiger partial charge in [0, 0.05) is 16.3 Å². The van der Waals surface area contributed by atoms with E-state index in [4.69, 9.17) is 25.5 Å². The average molecular weight is 526 g/mol. The number of carbonyl (C=O) groups excluding carboxylic acids is 1. The summed E-state index contributed by atoms with van der Waals surface area (Å²) in [4.78, 5) is 26.1. The Morgan fingerprint density at radius 3 is 2.29 bits per heavy atom. The Morgan fingerprint density at radius 1 is 0.895 bits per heavy atom. The number of rotatable bonds is 7. The molecule has 4 aromatic carbocycles. The molecule has 0 bridgehead atoms. The first-order chi connectivity index (χ1) is 18.4. The predicted molar refractivity (Wildman–Crippen MR) is 149 cm³/mol. The SMILES string of the molecule is Cc1ccc(-c2oc3cc(C)c(Cl)cc3c(=O)c2OCC(=O)Nc2ccc(Oc3ccccc3)cc2)cc1. The zero-order chi connectivity index (χ0) is 26.6. The van der Waals surface area contributed by atoms with Crippen molar-refractivity contribution < 1.29 is 18.7 Å². The molecule has 0 saturated carbocycles. The fraction of sp³-hybridized carbons (Fsp3) is 0.0968. The van der Waals surface area contributed by atoms with Gasteiger partial charge in [-0.3, -0.25) is 9.59 Å². The van der Waals surface area contributed by atoms with Gasteiger partial charge in [-0.1, -0.05) is 59.6 Å². The number of anilines is 1. The van der Waals surface area contributed by atoms with Crippen molar-refractivity contribution in [3.63, 3.8) is 0 Å². The third kappa shape index (κ3) is 5.56. The van der Waals surface area contributed by atoms with E-state index < -0.39 is 17.9 Å². The number of amides is 1. The summed E-state index contributed by atoms with van der Waals surface area (Å²) in [6, 6.07) is 27.1. The van der Waals surface area contributed by atoms with Crippen LogP contribution >= 0.6 is 11.6 Å². The zero-order valence-corrected chi connectivity index (χ0v) is 21.5. The summed E-state index contributed by atoms with van der Waals surface area (Å²) >= 11 is 6.27. The Kier molecular flexibility index (Phi) is 7.15. The van der Waals surface area contributed by atoms with Crippen molar-refractivity contribution in [1.82, 2.24) is 0 Å². The molecule has 6 nitrogen and oxygen atoms in total. The second-order valence-electron chi connectivity index (χ2n) is 8.83. The molecule has 5 aromatic rings. The largest absolute Gasteiger partial charge is 0.476 e. The van der Waals surface area contributed by atoms with Crippen molar-refractivity contribution in [3.8, 4) is 28.6 Å². The predicted octanol–water partition coefficient (Wildman–Crippen LogP) is 7.54. The second-order valence-corrected chi connectivity index (χ2v) is 9.24. The van der Waals surface area contributed by atoms with Crippen LogP contribution in [0.25, 0.3) is 22.3 Å². The molecule has 7 heteroatoms. The molecule has 38 heavy (non-hydrogen) atoms. The van der Waals surface area contributed by atoms with E-state index in [1.807, 2.05) is 68.4 Å². The number of halogens is 1. The number of aryl methyl sites for hydroxylation is 2. The number of nitrogens with one attached hydrogen (secondary N) is 1. The molecule has 1 N–H and O–H groups in total. The minimum absolute atomic E-state index is 0.0527. The topological polar surface area (TPSA) is 77.8 Å². The molecule has 1 amide bonds. The maximum Gasteiger partial charge on any atom is 0.262 e. The standard InChI is InChI=1S/C31H24ClNO5/c1-19-8-10-21(11-9-19)30-31(29(35)25-17-26(32)20(2)16-27(25)38-30)36-18-28(34)33-22-12-14-24(15-13-22)37-23-6-4-3-5-7-23/h3-17H,18H2,1-2H3,(H,33,34). The maximum absolute atomic E-state index is 13.4. The van der Waals surface area contributed by atoms with E-state index >= 15 is 0 Å². The molecule has 0 saturated heterocycles. The first kappa shape index (κ1) is 25.1. The van der Waals surface area contributed by atoms with E-state index in [1.54, 1.807) is 36.4 Å². The Bertz CT molecular complexity index is 1660. The summed E-state index contributed by atoms with van der Waals surface area (Å²) in [5.74, 6) is 1.11. The fourth-order valence-electron chi connectivity index (χ4n) is 3.89. The molecule has 1 heterocycles. The van der Waals surface area contributed by atoms with Gasteiger partial charge in [-0.05, 0) is 67.9 Å². The van der Waals surface area contributed by atoms with E-state index in [9.17, 15) is 9.59 Å². The molecular formula is C31H24ClNO5. The molecule has 0 aliphatic heterocycles. The van der Waals surface area contributed by atoms with Crippen molar-refractivity contribution in [3.05, 3.63) is 117 Å². The third-order valence-electron chi connectivity index (χ3n) is 5.91. The van der Waals surface area contributed by atoms with Crippen molar-refractivity contribution >= 4 is 34.2 Å². The van der Waals surface area contributed by atoms with Crippen LogP contribution in [0.4, 0.5) is 5.69 Å². The van der Waals surface area contributed by atoms with Crippen LogP contribution in [0, 0.1) is 13.8 Å². The monoisotopic (exact) mass is 525 g/mol. The average Bonchev–Trinajstić information content (AvgIpc) is 2.91. The Labute approximate surface area is 224 Å². The first-order valence-corrected chi connectivity index (χ1v) is 12.3. The molecule has 0 spiro atoms. The summed E-state index contributed by atoms with van der Waals surface area (Å²) in [6.45, 7) is 3.41. The quantitative estimate of drug-likeness (QED) is 0.237. The summed E-state index contributed by atoms with van der Waals surface area (Å²) in [5.41, 5.74) is 3.05. The van der Waals surface area contributed by atoms with E-state index in [1.165, 1.54) is 0 Å². The number of para-hydroxylation sites is 1. The molecule has 1 aromatic heterocycles. The third-order valence-corrected chi connectivity index (χ3v) is 6.32. The van der Waals surface area contributed by atoms with E-state index in [0.29, 0.717) is 33.4 Å². The van der Waals surface area contributed by atoms with Gasteiger partial charge in [0.25, 0.3) is 5.91 Å². The molecule has 5 rings (SSSR count). The normalized spacial score (nSPS) is 10.8. The lowest BCUT2D eigenvalue weighted by Crippen LogP contribution is -2.22. The van der Waals surface area contributed by atoms with Crippen molar-refractivity contribution in [2.24, 2.45) is 0 Å². The lowest BCUT2D eigenvalue weighted by atomic mass is 10.1. The zero-order valence-electron chi connectivity index (χ0n) is 20.8. The molecule has 0 unspecified atom stereocenters. The minimum atomic E-state index is -0.432. The number of hydrogen-bond acceptors (Lipinski definition) is 5. The number of ether oxygens (including phenoxy) is 2. The molecular weight excluding hydrogens is 502 g/mol. The van der Waals surface area contributed by atoms with Gasteiger partial charge in [-0.15, -0.1) is 0 Å². The Balaban J connectivity index is 1.36. The Hall–Kier alpha value is -4.55. The van der Waals surface area contributed by atoms with Crippen LogP contribution < -0.4 is 20.2 Å². The van der Waals surface area contributed by atoms with Crippen molar-refractivity contribution in [1.29, 1.82) is 0 Å². The van der Waals surface area contributed by atoms with Crippen LogP contribution in [0.15, 0.2) is 100 Å². The van der Waals surface area contributed by atoms with Gasteiger partial charge >= 0.3 is 0 Å². The van der Waals surface area contributed by atoms with Gasteiger partial charge < -0.3 is 19.2 Å². The smallest absolute Gasteiger partial charge is 0.262 e. The van der Waals surface area contributed by atoms with Gasteiger partial charge in [0.05, 0.1) is 5.39 Å². The van der Waals surface area contributed by atoms with Gasteiger partial charge in [0.2, 0.25) is 11.2 Å². The van der Waals surface area contributed by atoms with E-state index in [-0.39, 0.29) is 16.9 Å². The molecule has 0 aliphatic carbocycles. The minimum Gasteiger partial charge on any atom is -0.476 e. The highest BCUT2D eigenvalue weighted by molar-refractivity contribution is 6.32. The number of benzene rings is 4. The van der Waals surface area contributed by atoms with Crippen LogP contribution in [0.5, 0.6) is 17.2 Å². The molecule has 0 fully saturated rings. The van der Waals surface area contributed by atoms with Crippen LogP contribution in [-0.4, -0.2) is 12.5 Å². The lowest BCUT2D eigenvalue weighted by molar-refractivity contribution is -0.118. The van der Waals surface area contributed by atoms with Gasteiger partial charge in [0.15, 0.2) is 12.4 Å². The van der Waals surface area contributed by atoms with Crippen molar-refractivity contribution in [2.75, 3.05) is 11.9 Å². The van der Waals surface area contributed by atoms with Gasteiger partial charge in [0.1, 0.15) is 17.1 Å². The van der Waals surface area contributed by atoms with E-state index in [2.05, 4.69) is 5.32 Å².